The van der Waals surface area contributed by atoms with Crippen LogP contribution in [-0.4, -0.2) is 77.1 Å². The van der Waals surface area contributed by atoms with Gasteiger partial charge in [0.15, 0.2) is 5.82 Å². The molecule has 36 heavy (non-hydrogen) atoms. The zero-order valence-electron chi connectivity index (χ0n) is 20.4. The number of hydrogen-bond donors (Lipinski definition) is 3. The Balaban J connectivity index is 1.79. The van der Waals surface area contributed by atoms with E-state index in [0.29, 0.717) is 43.9 Å². The summed E-state index contributed by atoms with van der Waals surface area (Å²) in [6.07, 6.45) is 1.49. The van der Waals surface area contributed by atoms with Crippen LogP contribution in [0, 0.1) is 11.6 Å². The van der Waals surface area contributed by atoms with Crippen molar-refractivity contribution in [3.8, 4) is 11.1 Å². The van der Waals surface area contributed by atoms with E-state index in [2.05, 4.69) is 20.0 Å². The maximum Gasteiger partial charge on any atom is 0.260 e. The normalized spacial score (nSPS) is 11.4. The van der Waals surface area contributed by atoms with Crippen LogP contribution in [0.5, 0.6) is 0 Å². The number of nitrogens with zero attached hydrogens (tertiary/aromatic N) is 4. The summed E-state index contributed by atoms with van der Waals surface area (Å²) in [5.74, 6) is -1.42. The molecular weight excluding hydrogens is 494 g/mol. The quantitative estimate of drug-likeness (QED) is 0.215. The van der Waals surface area contributed by atoms with Gasteiger partial charge in [0.1, 0.15) is 11.5 Å². The fourth-order valence-electron chi connectivity index (χ4n) is 3.20. The Hall–Kier alpha value is -2.84. The lowest BCUT2D eigenvalue weighted by molar-refractivity contribution is 0.0360. The molecule has 0 radical (unpaired) electrons. The van der Waals surface area contributed by atoms with Crippen LogP contribution < -0.4 is 15.6 Å². The molecule has 0 fully saturated rings. The Labute approximate surface area is 211 Å². The molecule has 0 unspecified atom stereocenters. The number of hydrogen-bond acceptors (Lipinski definition) is 10. The van der Waals surface area contributed by atoms with E-state index >= 15 is 4.39 Å². The summed E-state index contributed by atoms with van der Waals surface area (Å²) in [6.45, 7) is 4.44. The number of pyridine rings is 1. The molecule has 1 aromatic carbocycles. The number of fused-ring (bicyclic) bond motifs is 1. The van der Waals surface area contributed by atoms with E-state index in [1.54, 1.807) is 0 Å². The fraction of sp³-hybridized carbons (Fsp3) is 0.435. The van der Waals surface area contributed by atoms with E-state index in [0.717, 1.165) is 18.2 Å². The second-order valence-corrected chi connectivity index (χ2v) is 8.70. The minimum atomic E-state index is -0.857. The second kappa shape index (κ2) is 13.5. The SMILES string of the molecule is CCN(C)SNc1ccc(F)c(-c2cc3cnc(NCCOCCOCCO)nc3n(C)c2=O)c1F. The molecule has 196 valence electrons. The average molecular weight is 525 g/mol. The van der Waals surface area contributed by atoms with Crippen LogP contribution in [0.15, 0.2) is 29.2 Å². The minimum Gasteiger partial charge on any atom is -0.394 e. The number of aromatic nitrogens is 3. The largest absolute Gasteiger partial charge is 0.394 e. The zero-order valence-corrected chi connectivity index (χ0v) is 21.2. The summed E-state index contributed by atoms with van der Waals surface area (Å²) in [5, 5.41) is 12.1. The number of aliphatic hydroxyl groups is 1. The van der Waals surface area contributed by atoms with Crippen LogP contribution in [0.25, 0.3) is 22.2 Å². The van der Waals surface area contributed by atoms with E-state index in [-0.39, 0.29) is 30.4 Å². The monoisotopic (exact) mass is 524 g/mol. The Kier molecular flexibility index (Phi) is 10.4. The number of ether oxygens (including phenoxy) is 2. The molecule has 0 atom stereocenters. The predicted octanol–water partition coefficient (Wildman–Crippen LogP) is 2.64. The van der Waals surface area contributed by atoms with Crippen LogP contribution in [0.4, 0.5) is 20.4 Å². The summed E-state index contributed by atoms with van der Waals surface area (Å²) >= 11 is 1.16. The standard InChI is InChI=1S/C23H30F2N6O4S/c1-4-30(2)36-29-18-6-5-17(24)19(20(18)25)16-13-15-14-27-23(28-21(15)31(3)22(16)33)26-7-9-34-11-12-35-10-8-32/h5-6,13-14,29,32H,4,7-12H2,1-3H3,(H,26,27,28). The number of nitrogens with one attached hydrogen (secondary N) is 2. The lowest BCUT2D eigenvalue weighted by Crippen LogP contribution is -2.21. The van der Waals surface area contributed by atoms with E-state index in [1.165, 1.54) is 29.9 Å². The van der Waals surface area contributed by atoms with Crippen molar-refractivity contribution in [1.82, 2.24) is 18.8 Å². The first-order valence-electron chi connectivity index (χ1n) is 11.4. The number of benzene rings is 1. The van der Waals surface area contributed by atoms with Gasteiger partial charge in [0.2, 0.25) is 5.95 Å². The van der Waals surface area contributed by atoms with E-state index in [1.807, 2.05) is 18.3 Å². The molecule has 0 aliphatic heterocycles. The van der Waals surface area contributed by atoms with Crippen molar-refractivity contribution in [3.63, 3.8) is 0 Å². The number of aliphatic hydroxyl groups excluding tert-OH is 1. The molecule has 3 rings (SSSR count). The van der Waals surface area contributed by atoms with Crippen molar-refractivity contribution in [2.45, 2.75) is 6.92 Å². The van der Waals surface area contributed by atoms with Gasteiger partial charge in [-0.1, -0.05) is 6.92 Å². The first-order chi connectivity index (χ1) is 17.4. The first kappa shape index (κ1) is 27.7. The summed E-state index contributed by atoms with van der Waals surface area (Å²) in [5.41, 5.74) is -0.749. The molecule has 0 bridgehead atoms. The topological polar surface area (TPSA) is 114 Å². The van der Waals surface area contributed by atoms with Gasteiger partial charge in [0.25, 0.3) is 5.56 Å². The number of aryl methyl sites for hydroxylation is 1. The van der Waals surface area contributed by atoms with Crippen molar-refractivity contribution in [3.05, 3.63) is 46.4 Å². The molecule has 0 saturated carbocycles. The van der Waals surface area contributed by atoms with Gasteiger partial charge in [-0.2, -0.15) is 4.98 Å². The lowest BCUT2D eigenvalue weighted by atomic mass is 10.0. The molecule has 10 nitrogen and oxygen atoms in total. The Bertz CT molecular complexity index is 1230. The molecule has 3 N–H and O–H groups in total. The van der Waals surface area contributed by atoms with E-state index in [4.69, 9.17) is 14.6 Å². The Morgan fingerprint density at radius 3 is 2.67 bits per heavy atom. The van der Waals surface area contributed by atoms with Crippen molar-refractivity contribution >= 4 is 34.8 Å². The predicted molar refractivity (Wildman–Crippen MR) is 137 cm³/mol. The van der Waals surface area contributed by atoms with Gasteiger partial charge in [0, 0.05) is 43.9 Å². The van der Waals surface area contributed by atoms with Crippen molar-refractivity contribution in [2.24, 2.45) is 7.05 Å². The summed E-state index contributed by atoms with van der Waals surface area (Å²) < 4.78 is 46.5. The molecule has 0 aliphatic rings. The summed E-state index contributed by atoms with van der Waals surface area (Å²) in [7, 11) is 3.32. The molecule has 13 heteroatoms. The molecule has 2 aromatic heterocycles. The van der Waals surface area contributed by atoms with Gasteiger partial charge < -0.3 is 24.6 Å². The highest BCUT2D eigenvalue weighted by atomic mass is 32.2. The van der Waals surface area contributed by atoms with Gasteiger partial charge in [-0.05, 0) is 25.2 Å². The molecular formula is C23H30F2N6O4S. The van der Waals surface area contributed by atoms with Gasteiger partial charge in [-0.15, -0.1) is 0 Å². The first-order valence-corrected chi connectivity index (χ1v) is 12.1. The van der Waals surface area contributed by atoms with Crippen LogP contribution in [0.3, 0.4) is 0 Å². The van der Waals surface area contributed by atoms with Crippen molar-refractivity contribution < 1.29 is 23.4 Å². The third kappa shape index (κ3) is 6.89. The van der Waals surface area contributed by atoms with Gasteiger partial charge in [-0.25, -0.2) is 18.1 Å². The third-order valence-corrected chi connectivity index (χ3v) is 6.08. The smallest absolute Gasteiger partial charge is 0.260 e. The van der Waals surface area contributed by atoms with Crippen molar-refractivity contribution in [2.75, 3.05) is 63.2 Å². The third-order valence-electron chi connectivity index (χ3n) is 5.20. The fourth-order valence-corrected chi connectivity index (χ4v) is 3.74. The van der Waals surface area contributed by atoms with Crippen LogP contribution in [0.1, 0.15) is 6.92 Å². The number of anilines is 2. The van der Waals surface area contributed by atoms with Crippen LogP contribution in [-0.2, 0) is 16.5 Å². The minimum absolute atomic E-state index is 0.0334. The maximum absolute atomic E-state index is 15.3. The van der Waals surface area contributed by atoms with Crippen LogP contribution >= 0.6 is 12.1 Å². The number of halogens is 2. The van der Waals surface area contributed by atoms with Gasteiger partial charge >= 0.3 is 0 Å². The van der Waals surface area contributed by atoms with E-state index in [9.17, 15) is 9.18 Å². The molecule has 3 aromatic rings. The second-order valence-electron chi connectivity index (χ2n) is 7.69. The summed E-state index contributed by atoms with van der Waals surface area (Å²) in [4.78, 5) is 21.7. The van der Waals surface area contributed by atoms with Crippen molar-refractivity contribution in [1.29, 1.82) is 0 Å². The lowest BCUT2D eigenvalue weighted by Gasteiger charge is -2.16. The molecule has 0 amide bonds. The number of rotatable bonds is 14. The van der Waals surface area contributed by atoms with Gasteiger partial charge in [-0.3, -0.25) is 9.36 Å². The Morgan fingerprint density at radius 2 is 1.94 bits per heavy atom. The maximum atomic E-state index is 15.3. The highest BCUT2D eigenvalue weighted by molar-refractivity contribution is 7.98. The highest BCUT2D eigenvalue weighted by Gasteiger charge is 2.21. The van der Waals surface area contributed by atoms with E-state index < -0.39 is 22.8 Å². The summed E-state index contributed by atoms with van der Waals surface area (Å²) in [6, 6.07) is 3.82. The molecule has 0 spiro atoms. The Morgan fingerprint density at radius 1 is 1.19 bits per heavy atom. The average Bonchev–Trinajstić information content (AvgIpc) is 2.88. The van der Waals surface area contributed by atoms with Crippen LogP contribution in [0.2, 0.25) is 0 Å². The molecule has 0 saturated heterocycles. The molecule has 2 heterocycles. The highest BCUT2D eigenvalue weighted by Crippen LogP contribution is 2.31. The van der Waals surface area contributed by atoms with Gasteiger partial charge in [0.05, 0.1) is 49.8 Å². The molecule has 0 aliphatic carbocycles. The zero-order chi connectivity index (χ0) is 26.1.